The first-order valence-electron chi connectivity index (χ1n) is 5.13. The molecule has 0 saturated heterocycles. The Morgan fingerprint density at radius 3 is 2.56 bits per heavy atom. The van der Waals surface area contributed by atoms with Crippen LogP contribution in [0.5, 0.6) is 0 Å². The summed E-state index contributed by atoms with van der Waals surface area (Å²) in [6.45, 7) is 1.70. The highest BCUT2D eigenvalue weighted by atomic mass is 19.4. The van der Waals surface area contributed by atoms with E-state index in [0.29, 0.717) is 17.5 Å². The summed E-state index contributed by atoms with van der Waals surface area (Å²) >= 11 is 0. The van der Waals surface area contributed by atoms with Crippen LogP contribution in [0.25, 0.3) is 0 Å². The molecule has 0 spiro atoms. The van der Waals surface area contributed by atoms with E-state index in [1.165, 1.54) is 0 Å². The fraction of sp³-hybridized carbons (Fsp3) is 0.500. The van der Waals surface area contributed by atoms with Crippen LogP contribution in [0, 0.1) is 6.92 Å². The molecule has 0 amide bonds. The van der Waals surface area contributed by atoms with E-state index in [4.69, 9.17) is 4.74 Å². The van der Waals surface area contributed by atoms with Gasteiger partial charge in [-0.05, 0) is 36.5 Å². The average molecular weight is 230 g/mol. The number of alkyl halides is 3. The first-order valence-corrected chi connectivity index (χ1v) is 5.13. The second-order valence-electron chi connectivity index (χ2n) is 4.14. The van der Waals surface area contributed by atoms with Crippen molar-refractivity contribution in [1.82, 2.24) is 0 Å². The van der Waals surface area contributed by atoms with Crippen LogP contribution >= 0.6 is 0 Å². The zero-order valence-electron chi connectivity index (χ0n) is 9.19. The topological polar surface area (TPSA) is 9.23 Å². The van der Waals surface area contributed by atoms with Crippen molar-refractivity contribution in [2.45, 2.75) is 31.5 Å². The van der Waals surface area contributed by atoms with E-state index >= 15 is 0 Å². The lowest BCUT2D eigenvalue weighted by Gasteiger charge is -2.32. The number of rotatable bonds is 1. The van der Waals surface area contributed by atoms with E-state index in [0.717, 1.165) is 12.7 Å². The van der Waals surface area contributed by atoms with Crippen molar-refractivity contribution >= 4 is 0 Å². The Morgan fingerprint density at radius 2 is 2.00 bits per heavy atom. The fourth-order valence-corrected chi connectivity index (χ4v) is 2.55. The van der Waals surface area contributed by atoms with Crippen LogP contribution in [0.1, 0.15) is 23.1 Å². The second-order valence-corrected chi connectivity index (χ2v) is 4.14. The highest BCUT2D eigenvalue weighted by molar-refractivity contribution is 5.44. The van der Waals surface area contributed by atoms with Crippen molar-refractivity contribution in [2.24, 2.45) is 0 Å². The van der Waals surface area contributed by atoms with Crippen LogP contribution in [0.4, 0.5) is 13.2 Å². The minimum Gasteiger partial charge on any atom is -0.364 e. The molecular weight excluding hydrogens is 217 g/mol. The SMILES string of the molecule is COC1(C(F)(F)F)CCc2cccc(C)c21. The molecule has 0 aliphatic heterocycles. The van der Waals surface area contributed by atoms with Crippen LogP contribution < -0.4 is 0 Å². The van der Waals surface area contributed by atoms with Gasteiger partial charge in [-0.3, -0.25) is 0 Å². The maximum atomic E-state index is 13.1. The molecule has 1 nitrogen and oxygen atoms in total. The molecular formula is C12H13F3O. The molecule has 0 N–H and O–H groups in total. The summed E-state index contributed by atoms with van der Waals surface area (Å²) in [5, 5.41) is 0. The molecule has 1 aromatic carbocycles. The van der Waals surface area contributed by atoms with Crippen LogP contribution in [-0.4, -0.2) is 13.3 Å². The van der Waals surface area contributed by atoms with Gasteiger partial charge in [0.05, 0.1) is 0 Å². The number of ether oxygens (including phenoxy) is 1. The lowest BCUT2D eigenvalue weighted by molar-refractivity contribution is -0.275. The van der Waals surface area contributed by atoms with E-state index < -0.39 is 11.8 Å². The second kappa shape index (κ2) is 3.48. The van der Waals surface area contributed by atoms with Crippen molar-refractivity contribution in [3.05, 3.63) is 34.9 Å². The molecule has 0 fully saturated rings. The van der Waals surface area contributed by atoms with Crippen LogP contribution in [0.15, 0.2) is 18.2 Å². The molecule has 1 aliphatic carbocycles. The zero-order valence-corrected chi connectivity index (χ0v) is 9.19. The number of halogens is 3. The van der Waals surface area contributed by atoms with E-state index in [-0.39, 0.29) is 6.42 Å². The summed E-state index contributed by atoms with van der Waals surface area (Å²) in [5.74, 6) is 0. The Balaban J connectivity index is 2.64. The van der Waals surface area contributed by atoms with E-state index in [1.807, 2.05) is 0 Å². The Bertz CT molecular complexity index is 411. The maximum Gasteiger partial charge on any atom is 0.421 e. The van der Waals surface area contributed by atoms with Gasteiger partial charge in [0.2, 0.25) is 0 Å². The van der Waals surface area contributed by atoms with E-state index in [9.17, 15) is 13.2 Å². The Hall–Kier alpha value is -1.03. The molecule has 0 radical (unpaired) electrons. The first kappa shape index (κ1) is 11.5. The molecule has 1 unspecified atom stereocenters. The monoisotopic (exact) mass is 230 g/mol. The van der Waals surface area contributed by atoms with Gasteiger partial charge in [-0.25, -0.2) is 0 Å². The largest absolute Gasteiger partial charge is 0.421 e. The highest BCUT2D eigenvalue weighted by Crippen LogP contribution is 2.51. The van der Waals surface area contributed by atoms with Gasteiger partial charge in [-0.15, -0.1) is 0 Å². The van der Waals surface area contributed by atoms with Gasteiger partial charge in [-0.2, -0.15) is 13.2 Å². The van der Waals surface area contributed by atoms with Crippen LogP contribution in [-0.2, 0) is 16.8 Å². The normalized spacial score (nSPS) is 24.6. The third-order valence-electron chi connectivity index (χ3n) is 3.32. The van der Waals surface area contributed by atoms with Gasteiger partial charge >= 0.3 is 6.18 Å². The van der Waals surface area contributed by atoms with Crippen molar-refractivity contribution in [3.8, 4) is 0 Å². The predicted molar refractivity (Wildman–Crippen MR) is 54.2 cm³/mol. The number of aryl methyl sites for hydroxylation is 2. The smallest absolute Gasteiger partial charge is 0.364 e. The lowest BCUT2D eigenvalue weighted by atomic mass is 9.91. The Labute approximate surface area is 92.2 Å². The predicted octanol–water partition coefficient (Wildman–Crippen LogP) is 3.35. The van der Waals surface area contributed by atoms with E-state index in [1.54, 1.807) is 25.1 Å². The summed E-state index contributed by atoms with van der Waals surface area (Å²) < 4.78 is 44.3. The van der Waals surface area contributed by atoms with Gasteiger partial charge in [-0.1, -0.05) is 18.2 Å². The molecule has 2 rings (SSSR count). The van der Waals surface area contributed by atoms with Gasteiger partial charge in [0.15, 0.2) is 5.60 Å². The van der Waals surface area contributed by atoms with Gasteiger partial charge < -0.3 is 4.74 Å². The summed E-state index contributed by atoms with van der Waals surface area (Å²) in [6.07, 6.45) is -3.96. The molecule has 1 atom stereocenters. The van der Waals surface area contributed by atoms with Crippen molar-refractivity contribution < 1.29 is 17.9 Å². The van der Waals surface area contributed by atoms with Gasteiger partial charge in [0.25, 0.3) is 0 Å². The third kappa shape index (κ3) is 1.36. The number of methoxy groups -OCH3 is 1. The van der Waals surface area contributed by atoms with Crippen molar-refractivity contribution in [3.63, 3.8) is 0 Å². The van der Waals surface area contributed by atoms with Crippen LogP contribution in [0.2, 0.25) is 0 Å². The minimum absolute atomic E-state index is 0.0206. The molecule has 0 bridgehead atoms. The Kier molecular flexibility index (Phi) is 2.49. The van der Waals surface area contributed by atoms with Crippen molar-refractivity contribution in [2.75, 3.05) is 7.11 Å². The molecule has 88 valence electrons. The number of benzene rings is 1. The highest BCUT2D eigenvalue weighted by Gasteiger charge is 2.59. The molecule has 0 saturated carbocycles. The molecule has 0 aromatic heterocycles. The number of hydrogen-bond acceptors (Lipinski definition) is 1. The summed E-state index contributed by atoms with van der Waals surface area (Å²) in [7, 11) is 1.13. The molecule has 4 heteroatoms. The maximum absolute atomic E-state index is 13.1. The first-order chi connectivity index (χ1) is 7.42. The van der Waals surface area contributed by atoms with Crippen molar-refractivity contribution in [1.29, 1.82) is 0 Å². The minimum atomic E-state index is -4.36. The number of hydrogen-bond donors (Lipinski definition) is 0. The summed E-state index contributed by atoms with van der Waals surface area (Å²) in [5.41, 5.74) is -0.397. The fourth-order valence-electron chi connectivity index (χ4n) is 2.55. The summed E-state index contributed by atoms with van der Waals surface area (Å²) in [6, 6.07) is 5.23. The van der Waals surface area contributed by atoms with Crippen LogP contribution in [0.3, 0.4) is 0 Å². The summed E-state index contributed by atoms with van der Waals surface area (Å²) in [4.78, 5) is 0. The van der Waals surface area contributed by atoms with Gasteiger partial charge in [0.1, 0.15) is 0 Å². The standard InChI is InChI=1S/C12H13F3O/c1-8-4-3-5-9-6-7-11(16-2,10(8)9)12(13,14)15/h3-5H,6-7H2,1-2H3. The molecule has 1 aliphatic rings. The lowest BCUT2D eigenvalue weighted by Crippen LogP contribution is -2.42. The zero-order chi connectivity index (χ0) is 12.0. The Morgan fingerprint density at radius 1 is 1.31 bits per heavy atom. The number of fused-ring (bicyclic) bond motifs is 1. The average Bonchev–Trinajstić information content (AvgIpc) is 2.58. The van der Waals surface area contributed by atoms with Gasteiger partial charge in [0, 0.05) is 7.11 Å². The molecule has 16 heavy (non-hydrogen) atoms. The molecule has 1 aromatic rings. The van der Waals surface area contributed by atoms with E-state index in [2.05, 4.69) is 0 Å². The third-order valence-corrected chi connectivity index (χ3v) is 3.32. The quantitative estimate of drug-likeness (QED) is 0.719. The molecule has 0 heterocycles.